The first-order valence-electron chi connectivity index (χ1n) is 14.1. The smallest absolute Gasteiger partial charge is 0.235 e. The molecule has 0 aliphatic carbocycles. The van der Waals surface area contributed by atoms with E-state index in [0.717, 1.165) is 33.5 Å². The molecule has 0 radical (unpaired) electrons. The van der Waals surface area contributed by atoms with Gasteiger partial charge in [-0.3, -0.25) is 4.57 Å². The van der Waals surface area contributed by atoms with Crippen LogP contribution in [0.25, 0.3) is 81.2 Å². The lowest BCUT2D eigenvalue weighted by Crippen LogP contribution is -2.04. The molecule has 0 bridgehead atoms. The van der Waals surface area contributed by atoms with E-state index in [1.54, 1.807) is 0 Å². The standard InChI is InChI=1S/C38H23N3S/c1-3-13-24(14-4-1)30-23-31(25-15-5-2-6-16-25)40-38(39-30)41-32-21-11-9-19-28(32)34-35-29-20-10-12-22-33(29)42-37(35)27-18-8-7-17-26(27)36(34)41/h1-23H. The number of para-hydroxylation sites is 1. The fourth-order valence-corrected chi connectivity index (χ4v) is 7.62. The summed E-state index contributed by atoms with van der Waals surface area (Å²) in [6.07, 6.45) is 0. The topological polar surface area (TPSA) is 30.7 Å². The lowest BCUT2D eigenvalue weighted by Gasteiger charge is -2.13. The highest BCUT2D eigenvalue weighted by atomic mass is 32.1. The summed E-state index contributed by atoms with van der Waals surface area (Å²) in [6.45, 7) is 0. The molecular weight excluding hydrogens is 531 g/mol. The van der Waals surface area contributed by atoms with E-state index < -0.39 is 0 Å². The van der Waals surface area contributed by atoms with Gasteiger partial charge in [0.15, 0.2) is 0 Å². The molecule has 0 aliphatic rings. The van der Waals surface area contributed by atoms with Gasteiger partial charge in [0.2, 0.25) is 5.95 Å². The Morgan fingerprint density at radius 1 is 0.476 bits per heavy atom. The molecule has 0 atom stereocenters. The SMILES string of the molecule is c1ccc(-c2cc(-c3ccccc3)nc(-n3c4ccccc4c4c5c6ccccc6sc5c5ccccc5c43)n2)cc1. The van der Waals surface area contributed by atoms with Crippen LogP contribution in [0.5, 0.6) is 0 Å². The van der Waals surface area contributed by atoms with Crippen molar-refractivity contribution in [3.8, 4) is 28.5 Å². The fourth-order valence-electron chi connectivity index (χ4n) is 6.37. The summed E-state index contributed by atoms with van der Waals surface area (Å²) in [4.78, 5) is 10.5. The van der Waals surface area contributed by atoms with Crippen LogP contribution in [-0.4, -0.2) is 14.5 Å². The molecule has 0 fully saturated rings. The van der Waals surface area contributed by atoms with Gasteiger partial charge >= 0.3 is 0 Å². The summed E-state index contributed by atoms with van der Waals surface area (Å²) in [6, 6.07) is 49.1. The van der Waals surface area contributed by atoms with Gasteiger partial charge in [0.25, 0.3) is 0 Å². The molecule has 42 heavy (non-hydrogen) atoms. The predicted octanol–water partition coefficient (Wildman–Crippen LogP) is 10.4. The van der Waals surface area contributed by atoms with Crippen molar-refractivity contribution in [1.82, 2.24) is 14.5 Å². The minimum absolute atomic E-state index is 0.672. The van der Waals surface area contributed by atoms with Crippen molar-refractivity contribution in [2.45, 2.75) is 0 Å². The fraction of sp³-hybridized carbons (Fsp3) is 0. The number of fused-ring (bicyclic) bond motifs is 10. The molecular formula is C38H23N3S. The van der Waals surface area contributed by atoms with E-state index in [1.165, 1.54) is 41.7 Å². The van der Waals surface area contributed by atoms with E-state index in [-0.39, 0.29) is 0 Å². The molecule has 0 saturated heterocycles. The predicted molar refractivity (Wildman–Crippen MR) is 178 cm³/mol. The van der Waals surface area contributed by atoms with Crippen LogP contribution in [0.15, 0.2) is 140 Å². The average molecular weight is 554 g/mol. The summed E-state index contributed by atoms with van der Waals surface area (Å²) in [5.74, 6) is 0.672. The van der Waals surface area contributed by atoms with Crippen LogP contribution in [0.2, 0.25) is 0 Å². The van der Waals surface area contributed by atoms with Gasteiger partial charge in [-0.1, -0.05) is 121 Å². The van der Waals surface area contributed by atoms with Crippen LogP contribution >= 0.6 is 11.3 Å². The quantitative estimate of drug-likeness (QED) is 0.218. The molecule has 0 saturated carbocycles. The van der Waals surface area contributed by atoms with Crippen LogP contribution in [0.4, 0.5) is 0 Å². The number of aromatic nitrogens is 3. The monoisotopic (exact) mass is 553 g/mol. The van der Waals surface area contributed by atoms with Crippen molar-refractivity contribution in [1.29, 1.82) is 0 Å². The first-order chi connectivity index (χ1) is 20.8. The second-order valence-electron chi connectivity index (χ2n) is 10.6. The highest BCUT2D eigenvalue weighted by Crippen LogP contribution is 2.47. The van der Waals surface area contributed by atoms with E-state index in [4.69, 9.17) is 9.97 Å². The van der Waals surface area contributed by atoms with Gasteiger partial charge < -0.3 is 0 Å². The number of hydrogen-bond donors (Lipinski definition) is 0. The largest absolute Gasteiger partial charge is 0.277 e. The van der Waals surface area contributed by atoms with E-state index in [2.05, 4.69) is 132 Å². The molecule has 196 valence electrons. The Hall–Kier alpha value is -5.32. The maximum absolute atomic E-state index is 5.26. The minimum atomic E-state index is 0.672. The Balaban J connectivity index is 1.50. The Morgan fingerprint density at radius 3 is 1.71 bits per heavy atom. The number of hydrogen-bond acceptors (Lipinski definition) is 3. The summed E-state index contributed by atoms with van der Waals surface area (Å²) < 4.78 is 4.92. The molecule has 0 amide bonds. The first-order valence-corrected chi connectivity index (χ1v) is 14.9. The lowest BCUT2D eigenvalue weighted by atomic mass is 10.00. The third kappa shape index (κ3) is 3.39. The molecule has 3 heterocycles. The molecule has 3 aromatic heterocycles. The Labute approximate surface area is 246 Å². The highest BCUT2D eigenvalue weighted by molar-refractivity contribution is 7.27. The number of benzene rings is 6. The molecule has 9 rings (SSSR count). The zero-order chi connectivity index (χ0) is 27.6. The summed E-state index contributed by atoms with van der Waals surface area (Å²) in [5, 5.41) is 7.53. The molecule has 3 nitrogen and oxygen atoms in total. The van der Waals surface area contributed by atoms with E-state index >= 15 is 0 Å². The third-order valence-electron chi connectivity index (χ3n) is 8.20. The number of thiophene rings is 1. The van der Waals surface area contributed by atoms with Gasteiger partial charge in [0, 0.05) is 52.8 Å². The number of rotatable bonds is 3. The van der Waals surface area contributed by atoms with Gasteiger partial charge in [-0.2, -0.15) is 0 Å². The maximum Gasteiger partial charge on any atom is 0.235 e. The van der Waals surface area contributed by atoms with Crippen LogP contribution in [0, 0.1) is 0 Å². The minimum Gasteiger partial charge on any atom is -0.277 e. The van der Waals surface area contributed by atoms with Gasteiger partial charge in [0.1, 0.15) is 0 Å². The molecule has 9 aromatic rings. The Kier molecular flexibility index (Phi) is 5.07. The van der Waals surface area contributed by atoms with E-state index in [9.17, 15) is 0 Å². The molecule has 4 heteroatoms. The zero-order valence-corrected chi connectivity index (χ0v) is 23.3. The Bertz CT molecular complexity index is 2400. The van der Waals surface area contributed by atoms with E-state index in [1.807, 2.05) is 23.5 Å². The van der Waals surface area contributed by atoms with Crippen LogP contribution in [-0.2, 0) is 0 Å². The second kappa shape index (κ2) is 9.10. The van der Waals surface area contributed by atoms with Crippen molar-refractivity contribution in [2.24, 2.45) is 0 Å². The highest BCUT2D eigenvalue weighted by Gasteiger charge is 2.23. The normalized spacial score (nSPS) is 11.8. The summed E-state index contributed by atoms with van der Waals surface area (Å²) in [5.41, 5.74) is 6.18. The van der Waals surface area contributed by atoms with E-state index in [0.29, 0.717) is 5.95 Å². The van der Waals surface area contributed by atoms with Crippen LogP contribution in [0.3, 0.4) is 0 Å². The molecule has 0 spiro atoms. The summed E-state index contributed by atoms with van der Waals surface area (Å²) in [7, 11) is 0. The lowest BCUT2D eigenvalue weighted by molar-refractivity contribution is 0.998. The van der Waals surface area contributed by atoms with Crippen molar-refractivity contribution >= 4 is 64.1 Å². The van der Waals surface area contributed by atoms with Crippen LogP contribution in [0.1, 0.15) is 0 Å². The van der Waals surface area contributed by atoms with Gasteiger partial charge in [0.05, 0.1) is 22.4 Å². The average Bonchev–Trinajstić information content (AvgIpc) is 3.62. The van der Waals surface area contributed by atoms with Gasteiger partial charge in [-0.05, 0) is 18.2 Å². The first kappa shape index (κ1) is 23.4. The number of nitrogens with zero attached hydrogens (tertiary/aromatic N) is 3. The molecule has 0 aliphatic heterocycles. The summed E-state index contributed by atoms with van der Waals surface area (Å²) >= 11 is 1.88. The third-order valence-corrected chi connectivity index (χ3v) is 9.40. The maximum atomic E-state index is 5.26. The Morgan fingerprint density at radius 2 is 1.02 bits per heavy atom. The molecule has 0 N–H and O–H groups in total. The van der Waals surface area contributed by atoms with Crippen LogP contribution < -0.4 is 0 Å². The van der Waals surface area contributed by atoms with Crippen molar-refractivity contribution in [2.75, 3.05) is 0 Å². The molecule has 0 unspecified atom stereocenters. The van der Waals surface area contributed by atoms with Crippen molar-refractivity contribution in [3.05, 3.63) is 140 Å². The second-order valence-corrected chi connectivity index (χ2v) is 11.6. The van der Waals surface area contributed by atoms with Gasteiger partial charge in [-0.15, -0.1) is 11.3 Å². The zero-order valence-electron chi connectivity index (χ0n) is 22.5. The van der Waals surface area contributed by atoms with Gasteiger partial charge in [-0.25, -0.2) is 9.97 Å². The van der Waals surface area contributed by atoms with Crippen molar-refractivity contribution in [3.63, 3.8) is 0 Å². The van der Waals surface area contributed by atoms with Crippen molar-refractivity contribution < 1.29 is 0 Å². The molecule has 6 aromatic carbocycles.